The van der Waals surface area contributed by atoms with E-state index in [9.17, 15) is 4.79 Å². The first kappa shape index (κ1) is 18.1. The molecule has 5 heteroatoms. The van der Waals surface area contributed by atoms with Crippen molar-refractivity contribution in [3.05, 3.63) is 53.9 Å². The molecule has 2 fully saturated rings. The van der Waals surface area contributed by atoms with Gasteiger partial charge in [0.25, 0.3) is 0 Å². The number of anilines is 1. The lowest BCUT2D eigenvalue weighted by molar-refractivity contribution is -0.130. The maximum atomic E-state index is 12.0. The molecule has 5 rings (SSSR count). The van der Waals surface area contributed by atoms with Gasteiger partial charge in [-0.05, 0) is 73.1 Å². The van der Waals surface area contributed by atoms with Crippen molar-refractivity contribution in [1.29, 1.82) is 0 Å². The van der Waals surface area contributed by atoms with E-state index in [0.29, 0.717) is 18.6 Å². The number of carbonyl (C=O) groups excluding carboxylic acids is 1. The summed E-state index contributed by atoms with van der Waals surface area (Å²) in [6.45, 7) is 4.48. The molecule has 0 radical (unpaired) electrons. The minimum Gasteiger partial charge on any atom is -0.367 e. The van der Waals surface area contributed by atoms with Gasteiger partial charge in [-0.2, -0.15) is 0 Å². The zero-order chi connectivity index (χ0) is 20.0. The zero-order valence-corrected chi connectivity index (χ0v) is 17.0. The highest BCUT2D eigenvalue weighted by Crippen LogP contribution is 2.34. The Balaban J connectivity index is 1.51. The van der Waals surface area contributed by atoms with Crippen molar-refractivity contribution >= 4 is 22.6 Å². The number of nitrogens with zero attached hydrogens (tertiary/aromatic N) is 3. The van der Waals surface area contributed by atoms with Crippen molar-refractivity contribution < 1.29 is 4.79 Å². The van der Waals surface area contributed by atoms with Gasteiger partial charge in [0, 0.05) is 30.9 Å². The van der Waals surface area contributed by atoms with E-state index in [4.69, 9.17) is 0 Å². The highest BCUT2D eigenvalue weighted by atomic mass is 16.2. The Hall–Kier alpha value is -2.95. The maximum absolute atomic E-state index is 12.0. The summed E-state index contributed by atoms with van der Waals surface area (Å²) in [6.07, 6.45) is 6.31. The molecule has 2 aliphatic carbocycles. The van der Waals surface area contributed by atoms with Crippen LogP contribution >= 0.6 is 0 Å². The molecule has 1 amide bonds. The number of benzene rings is 2. The number of hydrogen-bond acceptors (Lipinski definition) is 4. The Morgan fingerprint density at radius 2 is 1.97 bits per heavy atom. The van der Waals surface area contributed by atoms with E-state index in [1.54, 1.807) is 13.3 Å². The van der Waals surface area contributed by atoms with Gasteiger partial charge < -0.3 is 10.2 Å². The van der Waals surface area contributed by atoms with Crippen LogP contribution in [0.4, 0.5) is 5.82 Å². The lowest BCUT2D eigenvalue weighted by atomic mass is 9.96. The van der Waals surface area contributed by atoms with Crippen LogP contribution in [-0.2, 0) is 11.3 Å². The minimum absolute atomic E-state index is 0.160. The number of fused-ring (bicyclic) bond motifs is 1. The van der Waals surface area contributed by atoms with Crippen molar-refractivity contribution in [3.8, 4) is 11.1 Å². The Kier molecular flexibility index (Phi) is 4.46. The number of rotatable bonds is 6. The first-order chi connectivity index (χ1) is 14.1. The molecular weight excluding hydrogens is 360 g/mol. The van der Waals surface area contributed by atoms with Gasteiger partial charge in [-0.15, -0.1) is 0 Å². The molecule has 29 heavy (non-hydrogen) atoms. The average molecular weight is 386 g/mol. The van der Waals surface area contributed by atoms with Crippen molar-refractivity contribution in [2.24, 2.45) is 0 Å². The number of aromatic nitrogens is 2. The van der Waals surface area contributed by atoms with E-state index < -0.39 is 0 Å². The molecule has 1 heterocycles. The number of carbonyl (C=O) groups is 1. The van der Waals surface area contributed by atoms with Crippen LogP contribution in [0.25, 0.3) is 22.0 Å². The molecule has 1 aromatic heterocycles. The predicted molar refractivity (Wildman–Crippen MR) is 116 cm³/mol. The molecule has 0 saturated heterocycles. The topological polar surface area (TPSA) is 58.1 Å². The smallest absolute Gasteiger partial charge is 0.219 e. The van der Waals surface area contributed by atoms with Crippen molar-refractivity contribution in [1.82, 2.24) is 14.9 Å². The molecule has 0 atom stereocenters. The van der Waals surface area contributed by atoms with E-state index in [1.165, 1.54) is 35.1 Å². The quantitative estimate of drug-likeness (QED) is 0.668. The Morgan fingerprint density at radius 3 is 2.69 bits per heavy atom. The highest BCUT2D eigenvalue weighted by Gasteiger charge is 2.30. The Morgan fingerprint density at radius 1 is 1.14 bits per heavy atom. The average Bonchev–Trinajstić information content (AvgIpc) is 3.60. The predicted octanol–water partition coefficient (Wildman–Crippen LogP) is 4.69. The summed E-state index contributed by atoms with van der Waals surface area (Å²) in [5, 5.41) is 4.59. The normalized spacial score (nSPS) is 16.1. The summed E-state index contributed by atoms with van der Waals surface area (Å²) in [5.74, 6) is 1.08. The van der Waals surface area contributed by atoms with E-state index in [1.807, 2.05) is 4.90 Å². The van der Waals surface area contributed by atoms with Crippen LogP contribution in [-0.4, -0.2) is 32.9 Å². The fourth-order valence-electron chi connectivity index (χ4n) is 3.97. The fourth-order valence-corrected chi connectivity index (χ4v) is 3.97. The number of hydrogen-bond donors (Lipinski definition) is 1. The van der Waals surface area contributed by atoms with Crippen LogP contribution in [0.15, 0.2) is 42.7 Å². The summed E-state index contributed by atoms with van der Waals surface area (Å²) in [5.41, 5.74) is 5.69. The lowest BCUT2D eigenvalue weighted by Gasteiger charge is -2.21. The van der Waals surface area contributed by atoms with Gasteiger partial charge >= 0.3 is 0 Å². The molecule has 3 aromatic rings. The van der Waals surface area contributed by atoms with Gasteiger partial charge in [0.05, 0.1) is 5.52 Å². The minimum atomic E-state index is 0.160. The van der Waals surface area contributed by atoms with E-state index in [0.717, 1.165) is 29.6 Å². The van der Waals surface area contributed by atoms with Gasteiger partial charge in [0.2, 0.25) is 5.91 Å². The fraction of sp³-hybridized carbons (Fsp3) is 0.375. The van der Waals surface area contributed by atoms with Gasteiger partial charge in [-0.25, -0.2) is 9.97 Å². The lowest BCUT2D eigenvalue weighted by Crippen LogP contribution is -2.30. The second-order valence-corrected chi connectivity index (χ2v) is 8.40. The standard InChI is InChI=1S/C24H26N4O/c1-15-10-23-22(24(26-14-25-23)27-19-6-7-19)12-21(15)18-5-3-4-17(11-18)13-28(16(2)29)20-8-9-20/h3-5,10-12,14,19-20H,6-9,13H2,1-2H3,(H,25,26,27). The second-order valence-electron chi connectivity index (χ2n) is 8.40. The molecule has 0 bridgehead atoms. The molecule has 148 valence electrons. The van der Waals surface area contributed by atoms with Crippen LogP contribution < -0.4 is 5.32 Å². The van der Waals surface area contributed by atoms with E-state index in [-0.39, 0.29) is 5.91 Å². The van der Waals surface area contributed by atoms with Crippen molar-refractivity contribution in [2.45, 2.75) is 58.2 Å². The Labute approximate surface area is 171 Å². The molecule has 1 N–H and O–H groups in total. The number of nitrogens with one attached hydrogen (secondary N) is 1. The maximum Gasteiger partial charge on any atom is 0.219 e. The monoisotopic (exact) mass is 386 g/mol. The third kappa shape index (κ3) is 3.82. The molecule has 2 saturated carbocycles. The van der Waals surface area contributed by atoms with Crippen LogP contribution in [0.1, 0.15) is 43.7 Å². The van der Waals surface area contributed by atoms with Crippen molar-refractivity contribution in [2.75, 3.05) is 5.32 Å². The van der Waals surface area contributed by atoms with Crippen LogP contribution in [0.2, 0.25) is 0 Å². The van der Waals surface area contributed by atoms with Gasteiger partial charge in [0.15, 0.2) is 0 Å². The van der Waals surface area contributed by atoms with Gasteiger partial charge in [0.1, 0.15) is 12.1 Å². The summed E-state index contributed by atoms with van der Waals surface area (Å²) in [6, 6.07) is 13.9. The number of amides is 1. The largest absolute Gasteiger partial charge is 0.367 e. The SMILES string of the molecule is CC(=O)N(Cc1cccc(-c2cc3c(NC4CC4)ncnc3cc2C)c1)C1CC1. The summed E-state index contributed by atoms with van der Waals surface area (Å²) in [4.78, 5) is 23.0. The van der Waals surface area contributed by atoms with Gasteiger partial charge in [-0.3, -0.25) is 4.79 Å². The first-order valence-electron chi connectivity index (χ1n) is 10.5. The third-order valence-corrected chi connectivity index (χ3v) is 5.88. The first-order valence-corrected chi connectivity index (χ1v) is 10.5. The van der Waals surface area contributed by atoms with Crippen molar-refractivity contribution in [3.63, 3.8) is 0 Å². The molecule has 5 nitrogen and oxygen atoms in total. The van der Waals surface area contributed by atoms with E-state index in [2.05, 4.69) is 58.6 Å². The molecular formula is C24H26N4O. The van der Waals surface area contributed by atoms with Gasteiger partial charge in [-0.1, -0.05) is 18.2 Å². The zero-order valence-electron chi connectivity index (χ0n) is 17.0. The molecule has 0 unspecified atom stereocenters. The summed E-state index contributed by atoms with van der Waals surface area (Å²) in [7, 11) is 0. The van der Waals surface area contributed by atoms with Crippen LogP contribution in [0, 0.1) is 6.92 Å². The summed E-state index contributed by atoms with van der Waals surface area (Å²) >= 11 is 0. The van der Waals surface area contributed by atoms with Crippen LogP contribution in [0.3, 0.4) is 0 Å². The molecule has 0 spiro atoms. The Bertz CT molecular complexity index is 1090. The number of aryl methyl sites for hydroxylation is 1. The highest BCUT2D eigenvalue weighted by molar-refractivity contribution is 5.94. The molecule has 0 aliphatic heterocycles. The molecule has 2 aliphatic rings. The molecule has 2 aromatic carbocycles. The summed E-state index contributed by atoms with van der Waals surface area (Å²) < 4.78 is 0. The van der Waals surface area contributed by atoms with Crippen LogP contribution in [0.5, 0.6) is 0 Å². The van der Waals surface area contributed by atoms with E-state index >= 15 is 0 Å². The third-order valence-electron chi connectivity index (χ3n) is 5.88. The second kappa shape index (κ2) is 7.14.